The van der Waals surface area contributed by atoms with Gasteiger partial charge in [0.15, 0.2) is 0 Å². The molecule has 2 aromatic rings. The first-order valence-electron chi connectivity index (χ1n) is 3.70. The molecule has 0 bridgehead atoms. The second-order valence-corrected chi connectivity index (χ2v) is 2.05. The smallest absolute Gasteiger partial charge is 0.265 e. The molecule has 0 unspecified atom stereocenters. The van der Waals surface area contributed by atoms with Crippen LogP contribution < -0.4 is 0 Å². The maximum absolute atomic E-state index is 3.78. The SMILES string of the molecule is [Co+2].c1ccncc1.c1ccncc1. The van der Waals surface area contributed by atoms with Gasteiger partial charge in [0.1, 0.15) is 0 Å². The van der Waals surface area contributed by atoms with E-state index in [1.165, 1.54) is 0 Å². The Morgan fingerprint density at radius 3 is 0.846 bits per heavy atom. The number of rotatable bonds is 0. The molecule has 0 saturated heterocycles. The Balaban J connectivity index is 0.000000206. The van der Waals surface area contributed by atoms with Crippen LogP contribution in [0.4, 0.5) is 0 Å². The zero-order valence-corrected chi connectivity index (χ0v) is 8.04. The third-order valence-electron chi connectivity index (χ3n) is 1.13. The summed E-state index contributed by atoms with van der Waals surface area (Å²) >= 11 is 0. The van der Waals surface area contributed by atoms with E-state index in [-0.39, 0.29) is 16.8 Å². The fraction of sp³-hybridized carbons (Fsp3) is 0. The van der Waals surface area contributed by atoms with Crippen LogP contribution in [0.3, 0.4) is 0 Å². The molecular formula is C10H10CoN2+2. The van der Waals surface area contributed by atoms with E-state index in [4.69, 9.17) is 0 Å². The zero-order valence-electron chi connectivity index (χ0n) is 7.00. The molecule has 0 N–H and O–H groups in total. The molecular weight excluding hydrogens is 207 g/mol. The van der Waals surface area contributed by atoms with Crippen molar-refractivity contribution in [3.63, 3.8) is 0 Å². The van der Waals surface area contributed by atoms with Crippen LogP contribution in [-0.2, 0) is 16.8 Å². The van der Waals surface area contributed by atoms with Crippen LogP contribution in [-0.4, -0.2) is 9.97 Å². The van der Waals surface area contributed by atoms with Gasteiger partial charge in [-0.15, -0.1) is 0 Å². The van der Waals surface area contributed by atoms with Gasteiger partial charge in [-0.1, -0.05) is 12.1 Å². The summed E-state index contributed by atoms with van der Waals surface area (Å²) in [4.78, 5) is 7.57. The van der Waals surface area contributed by atoms with E-state index >= 15 is 0 Å². The van der Waals surface area contributed by atoms with Crippen molar-refractivity contribution in [2.75, 3.05) is 0 Å². The van der Waals surface area contributed by atoms with Gasteiger partial charge in [-0.3, -0.25) is 9.97 Å². The van der Waals surface area contributed by atoms with Crippen molar-refractivity contribution < 1.29 is 16.8 Å². The topological polar surface area (TPSA) is 25.8 Å². The Morgan fingerprint density at radius 2 is 0.769 bits per heavy atom. The first-order valence-corrected chi connectivity index (χ1v) is 3.70. The summed E-state index contributed by atoms with van der Waals surface area (Å²) in [5.41, 5.74) is 0. The molecule has 0 aliphatic rings. The second-order valence-electron chi connectivity index (χ2n) is 2.05. The minimum absolute atomic E-state index is 0. The van der Waals surface area contributed by atoms with Crippen LogP contribution >= 0.6 is 0 Å². The van der Waals surface area contributed by atoms with Gasteiger partial charge >= 0.3 is 16.8 Å². The summed E-state index contributed by atoms with van der Waals surface area (Å²) in [6, 6.07) is 11.4. The number of hydrogen-bond acceptors (Lipinski definition) is 2. The molecule has 2 aromatic heterocycles. The quantitative estimate of drug-likeness (QED) is 0.675. The van der Waals surface area contributed by atoms with Gasteiger partial charge in [0, 0.05) is 24.8 Å². The van der Waals surface area contributed by atoms with Crippen molar-refractivity contribution in [2.24, 2.45) is 0 Å². The van der Waals surface area contributed by atoms with Gasteiger partial charge in [0.25, 0.3) is 0 Å². The van der Waals surface area contributed by atoms with Crippen LogP contribution in [0.15, 0.2) is 61.2 Å². The molecule has 67 valence electrons. The molecule has 0 amide bonds. The molecule has 2 rings (SSSR count). The molecule has 13 heavy (non-hydrogen) atoms. The monoisotopic (exact) mass is 217 g/mol. The fourth-order valence-corrected chi connectivity index (χ4v) is 0.625. The third-order valence-corrected chi connectivity index (χ3v) is 1.13. The third kappa shape index (κ3) is 7.18. The van der Waals surface area contributed by atoms with Crippen LogP contribution in [0.5, 0.6) is 0 Å². The average molecular weight is 217 g/mol. The molecule has 0 atom stereocenters. The van der Waals surface area contributed by atoms with Crippen molar-refractivity contribution in [1.82, 2.24) is 9.97 Å². The van der Waals surface area contributed by atoms with E-state index in [1.807, 2.05) is 36.4 Å². The summed E-state index contributed by atoms with van der Waals surface area (Å²) < 4.78 is 0. The second kappa shape index (κ2) is 8.90. The molecule has 2 heterocycles. The van der Waals surface area contributed by atoms with E-state index in [2.05, 4.69) is 9.97 Å². The average Bonchev–Trinajstić information content (AvgIpc) is 2.24. The number of nitrogens with zero attached hydrogens (tertiary/aromatic N) is 2. The predicted octanol–water partition coefficient (Wildman–Crippen LogP) is 2.16. The van der Waals surface area contributed by atoms with Crippen molar-refractivity contribution in [1.29, 1.82) is 0 Å². The Morgan fingerprint density at radius 1 is 0.462 bits per heavy atom. The number of hydrogen-bond donors (Lipinski definition) is 0. The van der Waals surface area contributed by atoms with Crippen molar-refractivity contribution in [3.05, 3.63) is 61.2 Å². The minimum Gasteiger partial charge on any atom is -0.265 e. The van der Waals surface area contributed by atoms with E-state index in [0.717, 1.165) is 0 Å². The van der Waals surface area contributed by atoms with Crippen LogP contribution in [0.2, 0.25) is 0 Å². The Labute approximate surface area is 88.3 Å². The Hall–Kier alpha value is -1.19. The molecule has 0 aliphatic carbocycles. The molecule has 3 heteroatoms. The zero-order chi connectivity index (χ0) is 8.49. The normalized spacial score (nSPS) is 7.38. The first-order chi connectivity index (χ1) is 6.00. The molecule has 0 spiro atoms. The van der Waals surface area contributed by atoms with Gasteiger partial charge in [0.2, 0.25) is 0 Å². The van der Waals surface area contributed by atoms with E-state index in [9.17, 15) is 0 Å². The maximum atomic E-state index is 3.78. The van der Waals surface area contributed by atoms with Gasteiger partial charge < -0.3 is 0 Å². The van der Waals surface area contributed by atoms with Crippen LogP contribution in [0.1, 0.15) is 0 Å². The van der Waals surface area contributed by atoms with Gasteiger partial charge in [-0.2, -0.15) is 0 Å². The van der Waals surface area contributed by atoms with Crippen molar-refractivity contribution in [3.8, 4) is 0 Å². The molecule has 0 saturated carbocycles. The first kappa shape index (κ1) is 11.8. The number of pyridine rings is 2. The molecule has 2 nitrogen and oxygen atoms in total. The summed E-state index contributed by atoms with van der Waals surface area (Å²) in [6.45, 7) is 0. The van der Waals surface area contributed by atoms with E-state index < -0.39 is 0 Å². The fourth-order valence-electron chi connectivity index (χ4n) is 0.625. The Kier molecular flexibility index (Phi) is 8.08. The molecule has 1 radical (unpaired) electrons. The van der Waals surface area contributed by atoms with Gasteiger partial charge in [0.05, 0.1) is 0 Å². The molecule has 0 aliphatic heterocycles. The van der Waals surface area contributed by atoms with Crippen molar-refractivity contribution in [2.45, 2.75) is 0 Å². The minimum atomic E-state index is 0. The Bertz CT molecular complexity index is 188. The number of aromatic nitrogens is 2. The van der Waals surface area contributed by atoms with Crippen LogP contribution in [0, 0.1) is 0 Å². The largest absolute Gasteiger partial charge is 2.00 e. The summed E-state index contributed by atoms with van der Waals surface area (Å²) in [5, 5.41) is 0. The molecule has 0 fully saturated rings. The predicted molar refractivity (Wildman–Crippen MR) is 48.5 cm³/mol. The summed E-state index contributed by atoms with van der Waals surface area (Å²) in [7, 11) is 0. The van der Waals surface area contributed by atoms with Gasteiger partial charge in [-0.05, 0) is 24.3 Å². The standard InChI is InChI=1S/2C5H5N.Co/c2*1-2-4-6-5-3-1;/h2*1-5H;/q;;+2. The summed E-state index contributed by atoms with van der Waals surface area (Å²) in [5.74, 6) is 0. The maximum Gasteiger partial charge on any atom is 2.00 e. The summed E-state index contributed by atoms with van der Waals surface area (Å²) in [6.07, 6.45) is 7.00. The van der Waals surface area contributed by atoms with Crippen molar-refractivity contribution >= 4 is 0 Å². The van der Waals surface area contributed by atoms with E-state index in [1.54, 1.807) is 24.8 Å². The van der Waals surface area contributed by atoms with E-state index in [0.29, 0.717) is 0 Å². The van der Waals surface area contributed by atoms with Crippen LogP contribution in [0.25, 0.3) is 0 Å². The molecule has 0 aromatic carbocycles. The van der Waals surface area contributed by atoms with Gasteiger partial charge in [-0.25, -0.2) is 0 Å².